The highest BCUT2D eigenvalue weighted by Crippen LogP contribution is 2.23. The highest BCUT2D eigenvalue weighted by atomic mass is 32.2. The minimum atomic E-state index is -1.07. The molecule has 0 saturated carbocycles. The number of hydrogen-bond acceptors (Lipinski definition) is 5. The van der Waals surface area contributed by atoms with Crippen LogP contribution in [0.15, 0.2) is 35.4 Å². The lowest BCUT2D eigenvalue weighted by Gasteiger charge is -2.07. The number of aromatic nitrogens is 1. The van der Waals surface area contributed by atoms with Gasteiger partial charge in [0.1, 0.15) is 0 Å². The van der Waals surface area contributed by atoms with Crippen LogP contribution in [-0.4, -0.2) is 43.0 Å². The zero-order valence-electron chi connectivity index (χ0n) is 12.6. The van der Waals surface area contributed by atoms with Crippen LogP contribution < -0.4 is 10.4 Å². The quantitative estimate of drug-likeness (QED) is 0.803. The van der Waals surface area contributed by atoms with E-state index in [1.807, 2.05) is 37.3 Å². The molecule has 2 aromatic rings. The van der Waals surface area contributed by atoms with Gasteiger partial charge in [0.15, 0.2) is 0 Å². The molecule has 0 amide bonds. The third-order valence-corrected chi connectivity index (χ3v) is 4.05. The van der Waals surface area contributed by atoms with Crippen LogP contribution in [0.1, 0.15) is 5.56 Å². The van der Waals surface area contributed by atoms with Crippen LogP contribution in [-0.2, 0) is 9.53 Å². The van der Waals surface area contributed by atoms with Crippen molar-refractivity contribution in [1.29, 1.82) is 0 Å². The molecule has 0 radical (unpaired) electrons. The van der Waals surface area contributed by atoms with Gasteiger partial charge in [-0.3, -0.25) is 0 Å². The molecule has 1 aromatic heterocycles. The van der Waals surface area contributed by atoms with E-state index < -0.39 is 5.97 Å². The molecule has 1 saturated heterocycles. The Morgan fingerprint density at radius 3 is 2.68 bits per heavy atom. The molecule has 3 rings (SSSR count). The first-order valence-electron chi connectivity index (χ1n) is 7.25. The molecule has 0 spiro atoms. The molecule has 2 N–H and O–H groups in total. The van der Waals surface area contributed by atoms with Crippen LogP contribution in [0.5, 0.6) is 0 Å². The van der Waals surface area contributed by atoms with E-state index in [9.17, 15) is 9.90 Å². The number of hydrogen-bond donors (Lipinski definition) is 1. The number of nitrogens with zero attached hydrogens (tertiary/aromatic N) is 1. The largest absolute Gasteiger partial charge is 0.549 e. The smallest absolute Gasteiger partial charge is 0.0993 e. The summed E-state index contributed by atoms with van der Waals surface area (Å²) in [6.07, 6.45) is 0. The van der Waals surface area contributed by atoms with Gasteiger partial charge in [0.05, 0.1) is 42.8 Å². The van der Waals surface area contributed by atoms with Gasteiger partial charge in [-0.05, 0) is 24.6 Å². The Morgan fingerprint density at radius 2 is 2.09 bits per heavy atom. The summed E-state index contributed by atoms with van der Waals surface area (Å²) in [5, 5.41) is 14.4. The number of carbonyl (C=O) groups excluding carboxylic acids is 1. The number of para-hydroxylation sites is 1. The number of quaternary nitrogens is 1. The summed E-state index contributed by atoms with van der Waals surface area (Å²) < 4.78 is 5.04. The van der Waals surface area contributed by atoms with Gasteiger partial charge >= 0.3 is 0 Å². The number of benzene rings is 1. The van der Waals surface area contributed by atoms with Crippen LogP contribution in [0.25, 0.3) is 10.9 Å². The highest BCUT2D eigenvalue weighted by Gasteiger charge is 2.02. The van der Waals surface area contributed by atoms with E-state index >= 15 is 0 Å². The number of aryl methyl sites for hydroxylation is 1. The molecular formula is C16H20N2O3S. The third-order valence-electron chi connectivity index (χ3n) is 3.17. The number of carboxylic acid groups (broad SMARTS) is 1. The van der Waals surface area contributed by atoms with E-state index in [1.165, 1.54) is 11.8 Å². The second-order valence-corrected chi connectivity index (χ2v) is 5.93. The maximum Gasteiger partial charge on any atom is 0.0993 e. The lowest BCUT2D eigenvalue weighted by molar-refractivity contribution is -0.670. The Bertz CT molecular complexity index is 618. The van der Waals surface area contributed by atoms with Crippen molar-refractivity contribution >= 4 is 28.6 Å². The molecule has 0 bridgehead atoms. The van der Waals surface area contributed by atoms with Crippen molar-refractivity contribution in [1.82, 2.24) is 4.98 Å². The molecule has 6 heteroatoms. The minimum Gasteiger partial charge on any atom is -0.549 e. The van der Waals surface area contributed by atoms with Crippen LogP contribution in [0, 0.1) is 6.92 Å². The number of ether oxygens (including phenoxy) is 1. The number of carbonyl (C=O) groups is 1. The fourth-order valence-electron chi connectivity index (χ4n) is 2.11. The van der Waals surface area contributed by atoms with E-state index in [2.05, 4.69) is 10.3 Å². The van der Waals surface area contributed by atoms with Crippen molar-refractivity contribution in [2.75, 3.05) is 32.1 Å². The van der Waals surface area contributed by atoms with Gasteiger partial charge in [-0.1, -0.05) is 18.2 Å². The Balaban J connectivity index is 0.000000246. The maximum atomic E-state index is 10.4. The Morgan fingerprint density at radius 1 is 1.36 bits per heavy atom. The maximum absolute atomic E-state index is 10.4. The fraction of sp³-hybridized carbons (Fsp3) is 0.375. The lowest BCUT2D eigenvalue weighted by atomic mass is 10.1. The molecule has 2 heterocycles. The molecule has 22 heavy (non-hydrogen) atoms. The molecule has 1 aromatic carbocycles. The lowest BCUT2D eigenvalue weighted by Crippen LogP contribution is -2.87. The summed E-state index contributed by atoms with van der Waals surface area (Å²) in [6.45, 7) is 6.19. The number of carboxylic acids is 1. The van der Waals surface area contributed by atoms with E-state index in [0.717, 1.165) is 47.8 Å². The second-order valence-electron chi connectivity index (χ2n) is 4.93. The standard InChI is InChI=1S/C12H11NO2S.C4H9NO/c1-8-6-11(16-7-12(14)15)13-10-5-3-2-4-9(8)10;1-3-6-4-2-5-1/h2-6H,7H2,1H3,(H,14,15);5H,1-4H2. The van der Waals surface area contributed by atoms with Crippen molar-refractivity contribution in [3.8, 4) is 0 Å². The van der Waals surface area contributed by atoms with Gasteiger partial charge in [0.2, 0.25) is 0 Å². The summed E-state index contributed by atoms with van der Waals surface area (Å²) in [6, 6.07) is 9.71. The summed E-state index contributed by atoms with van der Waals surface area (Å²) in [5.41, 5.74) is 2.00. The zero-order valence-corrected chi connectivity index (χ0v) is 13.4. The number of morpholine rings is 1. The summed E-state index contributed by atoms with van der Waals surface area (Å²) in [4.78, 5) is 14.7. The van der Waals surface area contributed by atoms with Gasteiger partial charge in [-0.2, -0.15) is 0 Å². The zero-order chi connectivity index (χ0) is 15.8. The number of fused-ring (bicyclic) bond motifs is 1. The number of thioether (sulfide) groups is 1. The summed E-state index contributed by atoms with van der Waals surface area (Å²) in [5.74, 6) is -1.14. The number of rotatable bonds is 3. The summed E-state index contributed by atoms with van der Waals surface area (Å²) in [7, 11) is 0. The minimum absolute atomic E-state index is 0.0647. The van der Waals surface area contributed by atoms with Crippen molar-refractivity contribution in [3.05, 3.63) is 35.9 Å². The van der Waals surface area contributed by atoms with Gasteiger partial charge in [-0.25, -0.2) is 4.98 Å². The molecule has 0 unspecified atom stereocenters. The van der Waals surface area contributed by atoms with E-state index in [4.69, 9.17) is 4.74 Å². The van der Waals surface area contributed by atoms with Crippen LogP contribution >= 0.6 is 11.8 Å². The predicted octanol–water partition coefficient (Wildman–Crippen LogP) is -0.0348. The number of aliphatic carboxylic acids is 1. The Labute approximate surface area is 134 Å². The van der Waals surface area contributed by atoms with Crippen LogP contribution in [0.3, 0.4) is 0 Å². The van der Waals surface area contributed by atoms with Gasteiger partial charge in [-0.15, -0.1) is 11.8 Å². The van der Waals surface area contributed by atoms with Crippen molar-refractivity contribution in [3.63, 3.8) is 0 Å². The fourth-order valence-corrected chi connectivity index (χ4v) is 2.79. The Hall–Kier alpha value is -1.63. The predicted molar refractivity (Wildman–Crippen MR) is 84.7 cm³/mol. The number of pyridine rings is 1. The van der Waals surface area contributed by atoms with Gasteiger partial charge in [0, 0.05) is 11.1 Å². The topological polar surface area (TPSA) is 78.9 Å². The average molecular weight is 320 g/mol. The van der Waals surface area contributed by atoms with Crippen molar-refractivity contribution in [2.24, 2.45) is 0 Å². The Kier molecular flexibility index (Phi) is 6.64. The van der Waals surface area contributed by atoms with E-state index in [1.54, 1.807) is 0 Å². The average Bonchev–Trinajstić information content (AvgIpc) is 2.55. The molecule has 0 aliphatic carbocycles. The van der Waals surface area contributed by atoms with Crippen LogP contribution in [0.4, 0.5) is 0 Å². The SMILES string of the molecule is C1COCC[NH2+]1.Cc1cc(SCC(=O)[O-])nc2ccccc12. The van der Waals surface area contributed by atoms with Gasteiger partial charge in [0.25, 0.3) is 0 Å². The van der Waals surface area contributed by atoms with Crippen molar-refractivity contribution in [2.45, 2.75) is 11.9 Å². The summed E-state index contributed by atoms with van der Waals surface area (Å²) >= 11 is 1.18. The van der Waals surface area contributed by atoms with E-state index in [-0.39, 0.29) is 5.75 Å². The molecule has 0 atom stereocenters. The highest BCUT2D eigenvalue weighted by molar-refractivity contribution is 7.99. The molecule has 1 aliphatic heterocycles. The third kappa shape index (κ3) is 5.29. The van der Waals surface area contributed by atoms with Crippen molar-refractivity contribution < 1.29 is 20.0 Å². The number of nitrogens with two attached hydrogens (primary N) is 1. The van der Waals surface area contributed by atoms with E-state index in [0.29, 0.717) is 0 Å². The molecule has 1 aliphatic rings. The molecule has 118 valence electrons. The monoisotopic (exact) mass is 320 g/mol. The first-order chi connectivity index (χ1) is 10.7. The molecule has 5 nitrogen and oxygen atoms in total. The van der Waals surface area contributed by atoms with Crippen LogP contribution in [0.2, 0.25) is 0 Å². The van der Waals surface area contributed by atoms with Gasteiger partial charge < -0.3 is 20.0 Å². The first kappa shape index (κ1) is 16.7. The molecule has 1 fully saturated rings. The molecular weight excluding hydrogens is 300 g/mol. The first-order valence-corrected chi connectivity index (χ1v) is 8.24. The second kappa shape index (κ2) is 8.73. The normalized spacial score (nSPS) is 14.2.